The van der Waals surface area contributed by atoms with Crippen LogP contribution in [0.5, 0.6) is 0 Å². The molecule has 1 fully saturated rings. The number of nitrogens with two attached hydrogens (primary N) is 1. The number of nitrogen functional groups attached to an aromatic ring is 1. The number of rotatable bonds is 4. The normalized spacial score (nSPS) is 13.5. The van der Waals surface area contributed by atoms with Crippen LogP contribution in [0.3, 0.4) is 0 Å². The summed E-state index contributed by atoms with van der Waals surface area (Å²) < 4.78 is 1.56. The highest BCUT2D eigenvalue weighted by Crippen LogP contribution is 2.29. The van der Waals surface area contributed by atoms with Crippen LogP contribution >= 0.6 is 0 Å². The summed E-state index contributed by atoms with van der Waals surface area (Å²) in [6.07, 6.45) is 15.0. The van der Waals surface area contributed by atoms with Gasteiger partial charge in [0.1, 0.15) is 11.6 Å². The van der Waals surface area contributed by atoms with E-state index in [1.54, 1.807) is 29.1 Å². The van der Waals surface area contributed by atoms with Crippen LogP contribution in [-0.2, 0) is 0 Å². The Morgan fingerprint density at radius 2 is 1.91 bits per heavy atom. The monoisotopic (exact) mass is 463 g/mol. The van der Waals surface area contributed by atoms with Crippen LogP contribution in [-0.4, -0.2) is 32.9 Å². The smallest absolute Gasteiger partial charge is 0.239 e. The maximum absolute atomic E-state index is 9.08. The fourth-order valence-electron chi connectivity index (χ4n) is 2.92. The summed E-state index contributed by atoms with van der Waals surface area (Å²) in [5.41, 5.74) is 9.84. The lowest BCUT2D eigenvalue weighted by Gasteiger charge is -2.37. The van der Waals surface area contributed by atoms with E-state index in [1.165, 1.54) is 19.3 Å². The van der Waals surface area contributed by atoms with Crippen LogP contribution in [0.15, 0.2) is 60.9 Å². The first kappa shape index (κ1) is 30.5. The van der Waals surface area contributed by atoms with E-state index in [1.807, 2.05) is 66.0 Å². The number of aromatic nitrogens is 3. The van der Waals surface area contributed by atoms with Gasteiger partial charge in [0.05, 0.1) is 0 Å². The van der Waals surface area contributed by atoms with Crippen LogP contribution < -0.4 is 11.1 Å². The van der Waals surface area contributed by atoms with Gasteiger partial charge in [-0.15, -0.1) is 11.7 Å². The molecule has 1 aliphatic rings. The van der Waals surface area contributed by atoms with Gasteiger partial charge < -0.3 is 11.1 Å². The number of hydrogen-bond donors (Lipinski definition) is 2. The lowest BCUT2D eigenvalue weighted by molar-refractivity contribution is 0.225. The van der Waals surface area contributed by atoms with Crippen LogP contribution in [0.4, 0.5) is 5.95 Å². The highest BCUT2D eigenvalue weighted by molar-refractivity contribution is 5.85. The minimum absolute atomic E-state index is 0.0804. The summed E-state index contributed by atoms with van der Waals surface area (Å²) in [7, 11) is 2.04. The Hall–Kier alpha value is -3.50. The maximum atomic E-state index is 9.08. The maximum Gasteiger partial charge on any atom is 0.239 e. The lowest BCUT2D eigenvalue weighted by Crippen LogP contribution is -2.45. The predicted molar refractivity (Wildman–Crippen MR) is 147 cm³/mol. The minimum atomic E-state index is 0.0804. The first-order valence-electron chi connectivity index (χ1n) is 11.4. The summed E-state index contributed by atoms with van der Waals surface area (Å²) in [5.74, 6) is 0.0804. The van der Waals surface area contributed by atoms with Crippen molar-refractivity contribution in [1.29, 1.82) is 5.26 Å². The van der Waals surface area contributed by atoms with Crippen molar-refractivity contribution in [2.24, 2.45) is 4.99 Å². The molecule has 0 unspecified atom stereocenters. The number of aliphatic imine (C=N–C) groups is 1. The fraction of sp³-hybridized carbons (Fsp3) is 0.407. The molecule has 0 aromatic carbocycles. The largest absolute Gasteiger partial charge is 0.367 e. The quantitative estimate of drug-likeness (QED) is 0.323. The third kappa shape index (κ3) is 9.97. The van der Waals surface area contributed by atoms with E-state index in [2.05, 4.69) is 40.5 Å². The Bertz CT molecular complexity index is 1040. The lowest BCUT2D eigenvalue weighted by atomic mass is 9.79. The molecule has 0 radical (unpaired) electrons. The highest BCUT2D eigenvalue weighted by Gasteiger charge is 2.28. The number of nitrogens with one attached hydrogen (secondary N) is 1. The molecule has 7 nitrogen and oxygen atoms in total. The van der Waals surface area contributed by atoms with Crippen LogP contribution in [0, 0.1) is 11.3 Å². The summed E-state index contributed by atoms with van der Waals surface area (Å²) in [6, 6.07) is 3.89. The van der Waals surface area contributed by atoms with Gasteiger partial charge in [-0.25, -0.2) is 4.52 Å². The Morgan fingerprint density at radius 3 is 2.24 bits per heavy atom. The van der Waals surface area contributed by atoms with E-state index in [0.29, 0.717) is 11.1 Å². The Balaban J connectivity index is 0.000000530. The summed E-state index contributed by atoms with van der Waals surface area (Å²) >= 11 is 0. The second kappa shape index (κ2) is 16.2. The van der Waals surface area contributed by atoms with Crippen molar-refractivity contribution in [2.75, 3.05) is 12.8 Å². The Labute approximate surface area is 205 Å². The van der Waals surface area contributed by atoms with Gasteiger partial charge in [-0.2, -0.15) is 10.2 Å². The van der Waals surface area contributed by atoms with Crippen molar-refractivity contribution in [3.63, 3.8) is 0 Å². The first-order chi connectivity index (χ1) is 16.2. The number of nitrogens with zero attached hydrogens (tertiary/aromatic N) is 5. The van der Waals surface area contributed by atoms with E-state index < -0.39 is 0 Å². The molecule has 2 aromatic rings. The standard InChI is InChI=1S/C12H11N5.C6H13N.C6H11N.C3H6/c1-3-8(4-2)9-5-6-17-11(9)10(7-13)15-12(14)16-17;1-6(7-2)4-3-5-6;1-4-5-7-6(2)3;1-3-2/h3-6H,1H2,2H3,(H2,14,16);7H,3-5H2,1-2H3;4-5H,1-3H3;3H,1H2,2H3/b8-4+;;5-4-;. The molecule has 0 aliphatic heterocycles. The van der Waals surface area contributed by atoms with Crippen molar-refractivity contribution in [1.82, 2.24) is 19.9 Å². The number of fused-ring (bicyclic) bond motifs is 1. The van der Waals surface area contributed by atoms with Gasteiger partial charge in [-0.05, 0) is 79.5 Å². The topological polar surface area (TPSA) is 104 Å². The summed E-state index contributed by atoms with van der Waals surface area (Å²) in [5, 5.41) is 16.4. The number of nitriles is 1. The second-order valence-corrected chi connectivity index (χ2v) is 8.03. The van der Waals surface area contributed by atoms with Gasteiger partial charge in [0.2, 0.25) is 5.95 Å². The Morgan fingerprint density at radius 1 is 1.29 bits per heavy atom. The van der Waals surface area contributed by atoms with Crippen molar-refractivity contribution in [3.8, 4) is 6.07 Å². The number of hydrogen-bond acceptors (Lipinski definition) is 6. The summed E-state index contributed by atoms with van der Waals surface area (Å²) in [4.78, 5) is 7.91. The molecule has 0 atom stereocenters. The predicted octanol–water partition coefficient (Wildman–Crippen LogP) is 6.11. The molecule has 1 saturated carbocycles. The van der Waals surface area contributed by atoms with Gasteiger partial charge in [-0.1, -0.05) is 30.9 Å². The van der Waals surface area contributed by atoms with E-state index in [9.17, 15) is 0 Å². The fourth-order valence-corrected chi connectivity index (χ4v) is 2.92. The van der Waals surface area contributed by atoms with Gasteiger partial charge >= 0.3 is 0 Å². The highest BCUT2D eigenvalue weighted by atomic mass is 15.3. The van der Waals surface area contributed by atoms with Gasteiger partial charge in [0, 0.05) is 29.2 Å². The van der Waals surface area contributed by atoms with Crippen molar-refractivity contribution in [2.45, 2.75) is 66.3 Å². The third-order valence-corrected chi connectivity index (χ3v) is 5.02. The molecule has 7 heteroatoms. The van der Waals surface area contributed by atoms with Gasteiger partial charge in [0.15, 0.2) is 5.69 Å². The van der Waals surface area contributed by atoms with Gasteiger partial charge in [0.25, 0.3) is 0 Å². The average Bonchev–Trinajstić information content (AvgIpc) is 3.21. The van der Waals surface area contributed by atoms with Crippen LogP contribution in [0.2, 0.25) is 0 Å². The van der Waals surface area contributed by atoms with E-state index >= 15 is 0 Å². The van der Waals surface area contributed by atoms with Crippen molar-refractivity contribution < 1.29 is 0 Å². The molecule has 0 bridgehead atoms. The molecular weight excluding hydrogens is 422 g/mol. The molecule has 0 saturated heterocycles. The molecule has 184 valence electrons. The molecular formula is C27H41N7. The van der Waals surface area contributed by atoms with Crippen molar-refractivity contribution in [3.05, 3.63) is 67.2 Å². The summed E-state index contributed by atoms with van der Waals surface area (Å²) in [6.45, 7) is 19.1. The zero-order valence-corrected chi connectivity index (χ0v) is 21.9. The second-order valence-electron chi connectivity index (χ2n) is 8.03. The van der Waals surface area contributed by atoms with Gasteiger partial charge in [-0.3, -0.25) is 4.99 Å². The van der Waals surface area contributed by atoms with Crippen molar-refractivity contribution >= 4 is 22.7 Å². The molecule has 0 amide bonds. The molecule has 2 aromatic heterocycles. The zero-order chi connectivity index (χ0) is 26.1. The molecule has 34 heavy (non-hydrogen) atoms. The minimum Gasteiger partial charge on any atom is -0.367 e. The SMILES string of the molecule is C/C=C\N=C(C)C.C=C/C(=C\C)c1ccn2nc(N)nc(C#N)c12.C=CC.CNC1(C)CCC1. The van der Waals surface area contributed by atoms with E-state index in [-0.39, 0.29) is 11.6 Å². The van der Waals surface area contributed by atoms with Crippen LogP contribution in [0.25, 0.3) is 11.1 Å². The molecule has 1 aliphatic carbocycles. The average molecular weight is 464 g/mol. The van der Waals surface area contributed by atoms with E-state index in [0.717, 1.165) is 16.8 Å². The van der Waals surface area contributed by atoms with E-state index in [4.69, 9.17) is 11.0 Å². The first-order valence-corrected chi connectivity index (χ1v) is 11.4. The number of anilines is 1. The zero-order valence-electron chi connectivity index (χ0n) is 21.9. The molecule has 0 spiro atoms. The molecule has 3 rings (SSSR count). The third-order valence-electron chi connectivity index (χ3n) is 5.02. The molecule has 3 N–H and O–H groups in total. The Kier molecular flexibility index (Phi) is 14.5. The number of allylic oxidation sites excluding steroid dienone is 5. The molecule has 2 heterocycles. The van der Waals surface area contributed by atoms with Crippen LogP contribution in [0.1, 0.15) is 72.1 Å².